The molecule has 0 aliphatic carbocycles. The number of hydrogen-bond acceptors (Lipinski definition) is 5. The van der Waals surface area contributed by atoms with Crippen LogP contribution in [0.25, 0.3) is 0 Å². The lowest BCUT2D eigenvalue weighted by molar-refractivity contribution is -0.130. The molecule has 0 heterocycles. The molecule has 86 valence electrons. The predicted molar refractivity (Wildman–Crippen MR) is 51.7 cm³/mol. The van der Waals surface area contributed by atoms with Crippen LogP contribution >= 0.6 is 0 Å². The number of rotatable bonds is 5. The average Bonchev–Trinajstić information content (AvgIpc) is 2.15. The first-order chi connectivity index (χ1) is 6.88. The number of amides is 3. The molecule has 0 spiro atoms. The Bertz CT molecular complexity index is 267. The van der Waals surface area contributed by atoms with Crippen molar-refractivity contribution in [3.63, 3.8) is 0 Å². The zero-order valence-corrected chi connectivity index (χ0v) is 8.32. The number of nitrogens with one attached hydrogen (secondary N) is 2. The van der Waals surface area contributed by atoms with E-state index in [1.165, 1.54) is 6.92 Å². The molecule has 0 unspecified atom stereocenters. The van der Waals surface area contributed by atoms with E-state index >= 15 is 0 Å². The fourth-order valence-corrected chi connectivity index (χ4v) is 0.820. The van der Waals surface area contributed by atoms with Crippen molar-refractivity contribution in [1.82, 2.24) is 10.7 Å². The van der Waals surface area contributed by atoms with Crippen molar-refractivity contribution in [3.8, 4) is 0 Å². The van der Waals surface area contributed by atoms with E-state index in [1.54, 1.807) is 0 Å². The molecule has 0 saturated heterocycles. The van der Waals surface area contributed by atoms with Crippen LogP contribution in [0.4, 0.5) is 0 Å². The summed E-state index contributed by atoms with van der Waals surface area (Å²) in [5, 5.41) is 2.27. The Morgan fingerprint density at radius 2 is 1.80 bits per heavy atom. The topological polar surface area (TPSA) is 153 Å². The second kappa shape index (κ2) is 5.94. The van der Waals surface area contributed by atoms with Gasteiger partial charge in [0.15, 0.2) is 0 Å². The van der Waals surface area contributed by atoms with Gasteiger partial charge in [0.2, 0.25) is 11.8 Å². The van der Waals surface area contributed by atoms with Crippen LogP contribution in [0, 0.1) is 0 Å². The highest BCUT2D eigenvalue weighted by atomic mass is 16.2. The predicted octanol–water partition coefficient (Wildman–Crippen LogP) is -3.32. The number of nitrogens with two attached hydrogens (primary N) is 3. The SMILES string of the molecule is C[C@H](NC(=O)[C@@H](N)CC(N)=O)C(=O)NN. The van der Waals surface area contributed by atoms with Gasteiger partial charge in [0.25, 0.3) is 5.91 Å². The van der Waals surface area contributed by atoms with Gasteiger partial charge in [-0.3, -0.25) is 19.8 Å². The molecule has 0 aliphatic heterocycles. The zero-order valence-electron chi connectivity index (χ0n) is 8.32. The Hall–Kier alpha value is -1.67. The molecule has 0 rings (SSSR count). The van der Waals surface area contributed by atoms with Gasteiger partial charge in [0.1, 0.15) is 6.04 Å². The van der Waals surface area contributed by atoms with Crippen molar-refractivity contribution in [2.45, 2.75) is 25.4 Å². The zero-order chi connectivity index (χ0) is 12.0. The molecule has 0 aromatic carbocycles. The fourth-order valence-electron chi connectivity index (χ4n) is 0.820. The minimum absolute atomic E-state index is 0.275. The van der Waals surface area contributed by atoms with E-state index in [0.29, 0.717) is 0 Å². The minimum atomic E-state index is -1.06. The molecule has 8 heteroatoms. The average molecular weight is 217 g/mol. The van der Waals surface area contributed by atoms with Gasteiger partial charge in [-0.15, -0.1) is 0 Å². The van der Waals surface area contributed by atoms with Crippen LogP contribution in [0.5, 0.6) is 0 Å². The Labute approximate surface area is 86.5 Å². The summed E-state index contributed by atoms with van der Waals surface area (Å²) in [6.07, 6.45) is -0.275. The summed E-state index contributed by atoms with van der Waals surface area (Å²) in [5.41, 5.74) is 12.0. The van der Waals surface area contributed by atoms with Crippen molar-refractivity contribution >= 4 is 17.7 Å². The van der Waals surface area contributed by atoms with Gasteiger partial charge in [-0.25, -0.2) is 5.84 Å². The smallest absolute Gasteiger partial charge is 0.256 e. The maximum Gasteiger partial charge on any atom is 0.256 e. The lowest BCUT2D eigenvalue weighted by Crippen LogP contribution is -2.52. The van der Waals surface area contributed by atoms with Crippen LogP contribution in [-0.2, 0) is 14.4 Å². The van der Waals surface area contributed by atoms with Gasteiger partial charge >= 0.3 is 0 Å². The third-order valence-electron chi connectivity index (χ3n) is 1.65. The van der Waals surface area contributed by atoms with Gasteiger partial charge in [0, 0.05) is 0 Å². The van der Waals surface area contributed by atoms with Crippen LogP contribution in [0.1, 0.15) is 13.3 Å². The summed E-state index contributed by atoms with van der Waals surface area (Å²) in [7, 11) is 0. The van der Waals surface area contributed by atoms with Crippen LogP contribution in [0.15, 0.2) is 0 Å². The number of primary amides is 1. The molecule has 0 saturated carbocycles. The van der Waals surface area contributed by atoms with Gasteiger partial charge in [-0.2, -0.15) is 0 Å². The van der Waals surface area contributed by atoms with Crippen molar-refractivity contribution in [1.29, 1.82) is 0 Å². The molecule has 0 bridgehead atoms. The van der Waals surface area contributed by atoms with E-state index < -0.39 is 29.8 Å². The van der Waals surface area contributed by atoms with Crippen LogP contribution in [-0.4, -0.2) is 29.8 Å². The van der Waals surface area contributed by atoms with Gasteiger partial charge < -0.3 is 16.8 Å². The van der Waals surface area contributed by atoms with Crippen LogP contribution in [0.3, 0.4) is 0 Å². The molecular weight excluding hydrogens is 202 g/mol. The molecule has 2 atom stereocenters. The van der Waals surface area contributed by atoms with Crippen LogP contribution in [0.2, 0.25) is 0 Å². The highest BCUT2D eigenvalue weighted by molar-refractivity contribution is 5.91. The van der Waals surface area contributed by atoms with E-state index in [4.69, 9.17) is 17.3 Å². The van der Waals surface area contributed by atoms with Crippen molar-refractivity contribution in [3.05, 3.63) is 0 Å². The number of hydrogen-bond donors (Lipinski definition) is 5. The third-order valence-corrected chi connectivity index (χ3v) is 1.65. The summed E-state index contributed by atoms with van der Waals surface area (Å²) in [5.74, 6) is 2.97. The molecule has 0 aromatic rings. The van der Waals surface area contributed by atoms with Crippen molar-refractivity contribution < 1.29 is 14.4 Å². The van der Waals surface area contributed by atoms with E-state index in [-0.39, 0.29) is 6.42 Å². The summed E-state index contributed by atoms with van der Waals surface area (Å²) in [6, 6.07) is -1.88. The molecule has 8 nitrogen and oxygen atoms in total. The highest BCUT2D eigenvalue weighted by Gasteiger charge is 2.20. The van der Waals surface area contributed by atoms with Gasteiger partial charge in [0.05, 0.1) is 12.5 Å². The number of carbonyl (C=O) groups excluding carboxylic acids is 3. The Balaban J connectivity index is 4.12. The molecule has 0 fully saturated rings. The second-order valence-electron chi connectivity index (χ2n) is 3.02. The lowest BCUT2D eigenvalue weighted by Gasteiger charge is -2.15. The molecule has 15 heavy (non-hydrogen) atoms. The highest BCUT2D eigenvalue weighted by Crippen LogP contribution is 1.89. The Morgan fingerprint density at radius 3 is 2.20 bits per heavy atom. The maximum absolute atomic E-state index is 11.2. The summed E-state index contributed by atoms with van der Waals surface area (Å²) >= 11 is 0. The third kappa shape index (κ3) is 4.93. The molecule has 3 amide bonds. The maximum atomic E-state index is 11.2. The molecular formula is C7H15N5O3. The van der Waals surface area contributed by atoms with Gasteiger partial charge in [-0.1, -0.05) is 0 Å². The molecule has 0 aliphatic rings. The summed E-state index contributed by atoms with van der Waals surface area (Å²) in [4.78, 5) is 32.6. The number of carbonyl (C=O) groups is 3. The largest absolute Gasteiger partial charge is 0.370 e. The van der Waals surface area contributed by atoms with E-state index in [1.807, 2.05) is 5.43 Å². The monoisotopic (exact) mass is 217 g/mol. The van der Waals surface area contributed by atoms with Crippen LogP contribution < -0.4 is 28.1 Å². The van der Waals surface area contributed by atoms with E-state index in [9.17, 15) is 14.4 Å². The number of hydrazine groups is 1. The van der Waals surface area contributed by atoms with Crippen molar-refractivity contribution in [2.75, 3.05) is 0 Å². The first kappa shape index (κ1) is 13.3. The summed E-state index contributed by atoms with van der Waals surface area (Å²) in [6.45, 7) is 1.43. The minimum Gasteiger partial charge on any atom is -0.370 e. The second-order valence-corrected chi connectivity index (χ2v) is 3.02. The molecule has 0 radical (unpaired) electrons. The first-order valence-electron chi connectivity index (χ1n) is 4.23. The van der Waals surface area contributed by atoms with Crippen molar-refractivity contribution in [2.24, 2.45) is 17.3 Å². The molecule has 8 N–H and O–H groups in total. The standard InChI is InChI=1S/C7H15N5O3/c1-3(6(14)12-10)11-7(15)4(8)2-5(9)13/h3-4H,2,8,10H2,1H3,(H2,9,13)(H,11,15)(H,12,14)/t3-,4-/m0/s1. The summed E-state index contributed by atoms with van der Waals surface area (Å²) < 4.78 is 0. The quantitative estimate of drug-likeness (QED) is 0.185. The lowest BCUT2D eigenvalue weighted by atomic mass is 10.2. The van der Waals surface area contributed by atoms with E-state index in [0.717, 1.165) is 0 Å². The van der Waals surface area contributed by atoms with Gasteiger partial charge in [-0.05, 0) is 6.92 Å². The Kier molecular flexibility index (Phi) is 5.27. The first-order valence-corrected chi connectivity index (χ1v) is 4.23. The molecule has 0 aromatic heterocycles. The van der Waals surface area contributed by atoms with E-state index in [2.05, 4.69) is 5.32 Å². The fraction of sp³-hybridized carbons (Fsp3) is 0.571. The normalized spacial score (nSPS) is 13.8. The Morgan fingerprint density at radius 1 is 1.27 bits per heavy atom.